The van der Waals surface area contributed by atoms with Crippen LogP contribution < -0.4 is 14.8 Å². The van der Waals surface area contributed by atoms with Gasteiger partial charge in [-0.25, -0.2) is 9.78 Å². The number of benzene rings is 1. The highest BCUT2D eigenvalue weighted by molar-refractivity contribution is 5.93. The number of aromatic nitrogens is 3. The van der Waals surface area contributed by atoms with Crippen LogP contribution in [0.15, 0.2) is 22.7 Å². The number of esters is 1. The van der Waals surface area contributed by atoms with Crippen molar-refractivity contribution in [3.8, 4) is 11.5 Å². The molecule has 0 amide bonds. The lowest BCUT2D eigenvalue weighted by atomic mass is 10.2. The van der Waals surface area contributed by atoms with Crippen LogP contribution in [0.25, 0.3) is 11.1 Å². The van der Waals surface area contributed by atoms with Gasteiger partial charge in [-0.15, -0.1) is 0 Å². The van der Waals surface area contributed by atoms with Crippen LogP contribution in [0.2, 0.25) is 0 Å². The number of nitrogens with one attached hydrogen (secondary N) is 1. The van der Waals surface area contributed by atoms with Crippen molar-refractivity contribution in [2.24, 2.45) is 0 Å². The van der Waals surface area contributed by atoms with E-state index < -0.39 is 5.97 Å². The zero-order chi connectivity index (χ0) is 19.4. The molecule has 3 rings (SSSR count). The summed E-state index contributed by atoms with van der Waals surface area (Å²) in [5, 5.41) is 7.71. The summed E-state index contributed by atoms with van der Waals surface area (Å²) in [5.41, 5.74) is 1.68. The largest absolute Gasteiger partial charge is 0.497 e. The average Bonchev–Trinajstić information content (AvgIpc) is 3.07. The maximum absolute atomic E-state index is 12.0. The molecule has 0 radical (unpaired) electrons. The van der Waals surface area contributed by atoms with Gasteiger partial charge in [0, 0.05) is 12.1 Å². The maximum atomic E-state index is 12.0. The van der Waals surface area contributed by atoms with Gasteiger partial charge in [0.15, 0.2) is 0 Å². The number of carbonyl (C=O) groups is 1. The summed E-state index contributed by atoms with van der Waals surface area (Å²) < 4.78 is 20.8. The minimum atomic E-state index is -0.629. The van der Waals surface area contributed by atoms with Gasteiger partial charge in [-0.1, -0.05) is 5.16 Å². The Morgan fingerprint density at radius 2 is 2.04 bits per heavy atom. The first-order chi connectivity index (χ1) is 13.1. The molecule has 9 heteroatoms. The monoisotopic (exact) mass is 372 g/mol. The van der Waals surface area contributed by atoms with Crippen LogP contribution in [0, 0.1) is 6.92 Å². The van der Waals surface area contributed by atoms with Gasteiger partial charge in [0.25, 0.3) is 5.71 Å². The van der Waals surface area contributed by atoms with E-state index in [9.17, 15) is 4.79 Å². The third kappa shape index (κ3) is 3.76. The highest BCUT2D eigenvalue weighted by Gasteiger charge is 2.20. The lowest BCUT2D eigenvalue weighted by Gasteiger charge is -2.12. The molecule has 27 heavy (non-hydrogen) atoms. The first-order valence-corrected chi connectivity index (χ1v) is 8.33. The van der Waals surface area contributed by atoms with Gasteiger partial charge >= 0.3 is 5.97 Å². The predicted octanol–water partition coefficient (Wildman–Crippen LogP) is 2.73. The molecule has 0 atom stereocenters. The van der Waals surface area contributed by atoms with Crippen molar-refractivity contribution in [3.63, 3.8) is 0 Å². The van der Waals surface area contributed by atoms with Crippen LogP contribution in [0.5, 0.6) is 11.5 Å². The van der Waals surface area contributed by atoms with Crippen molar-refractivity contribution in [3.05, 3.63) is 35.3 Å². The van der Waals surface area contributed by atoms with Crippen molar-refractivity contribution in [2.75, 3.05) is 26.1 Å². The number of nitrogens with zero attached hydrogens (tertiary/aromatic N) is 3. The summed E-state index contributed by atoms with van der Waals surface area (Å²) >= 11 is 0. The van der Waals surface area contributed by atoms with E-state index in [2.05, 4.69) is 20.4 Å². The molecule has 0 aliphatic rings. The Hall–Kier alpha value is -3.36. The molecular formula is C18H20N4O5. The Balaban J connectivity index is 1.96. The zero-order valence-corrected chi connectivity index (χ0v) is 15.5. The van der Waals surface area contributed by atoms with E-state index in [-0.39, 0.29) is 18.1 Å². The van der Waals surface area contributed by atoms with Crippen LogP contribution in [0.1, 0.15) is 28.8 Å². The van der Waals surface area contributed by atoms with Gasteiger partial charge in [0.05, 0.1) is 26.5 Å². The Kier molecular flexibility index (Phi) is 5.39. The van der Waals surface area contributed by atoms with Gasteiger partial charge in [0.1, 0.15) is 22.7 Å². The van der Waals surface area contributed by atoms with E-state index in [1.54, 1.807) is 28.1 Å². The molecule has 0 spiro atoms. The number of hydrogen-bond acceptors (Lipinski definition) is 9. The van der Waals surface area contributed by atoms with Crippen LogP contribution in [-0.2, 0) is 11.3 Å². The first-order valence-electron chi connectivity index (χ1n) is 8.33. The van der Waals surface area contributed by atoms with E-state index in [1.165, 1.54) is 0 Å². The molecule has 0 saturated carbocycles. The second-order valence-electron chi connectivity index (χ2n) is 5.60. The summed E-state index contributed by atoms with van der Waals surface area (Å²) in [6.07, 6.45) is 0. The van der Waals surface area contributed by atoms with Crippen LogP contribution >= 0.6 is 0 Å². The molecule has 9 nitrogen and oxygen atoms in total. The fraction of sp³-hybridized carbons (Fsp3) is 0.333. The zero-order valence-electron chi connectivity index (χ0n) is 15.5. The standard InChI is InChI=1S/C18H20N4O5/c1-5-26-18(23)16-20-15(14-10(2)22-27-17(14)21-16)19-9-11-8-12(24-3)6-7-13(11)25-4/h6-8H,5,9H2,1-4H3,(H,19,20,21). The molecule has 1 N–H and O–H groups in total. The van der Waals surface area contributed by atoms with E-state index in [4.69, 9.17) is 18.7 Å². The fourth-order valence-corrected chi connectivity index (χ4v) is 2.60. The summed E-state index contributed by atoms with van der Waals surface area (Å²) in [5.74, 6) is 1.10. The molecular weight excluding hydrogens is 352 g/mol. The lowest BCUT2D eigenvalue weighted by Crippen LogP contribution is -2.12. The predicted molar refractivity (Wildman–Crippen MR) is 97.2 cm³/mol. The summed E-state index contributed by atoms with van der Waals surface area (Å²) in [6, 6.07) is 5.49. The molecule has 0 fully saturated rings. The molecule has 0 bridgehead atoms. The summed E-state index contributed by atoms with van der Waals surface area (Å²) in [7, 11) is 3.19. The minimum absolute atomic E-state index is 0.0967. The Labute approximate surface area is 155 Å². The minimum Gasteiger partial charge on any atom is -0.497 e. The smallest absolute Gasteiger partial charge is 0.376 e. The second kappa shape index (κ2) is 7.90. The van der Waals surface area contributed by atoms with Crippen molar-refractivity contribution in [1.82, 2.24) is 15.1 Å². The SMILES string of the molecule is CCOC(=O)c1nc(NCc2cc(OC)ccc2OC)c2c(C)noc2n1. The number of methoxy groups -OCH3 is 2. The molecule has 1 aromatic carbocycles. The second-order valence-corrected chi connectivity index (χ2v) is 5.60. The van der Waals surface area contributed by atoms with Gasteiger partial charge < -0.3 is 24.1 Å². The van der Waals surface area contributed by atoms with Crippen molar-refractivity contribution < 1.29 is 23.5 Å². The number of fused-ring (bicyclic) bond motifs is 1. The fourth-order valence-electron chi connectivity index (χ4n) is 2.60. The molecule has 0 aliphatic carbocycles. The molecule has 0 saturated heterocycles. The van der Waals surface area contributed by atoms with E-state index in [1.807, 2.05) is 18.2 Å². The summed E-state index contributed by atoms with van der Waals surface area (Å²) in [4.78, 5) is 20.4. The number of aryl methyl sites for hydroxylation is 1. The van der Waals surface area contributed by atoms with Gasteiger partial charge in [-0.3, -0.25) is 0 Å². The Bertz CT molecular complexity index is 970. The third-order valence-corrected chi connectivity index (χ3v) is 3.90. The molecule has 0 unspecified atom stereocenters. The van der Waals surface area contributed by atoms with Crippen LogP contribution in [-0.4, -0.2) is 41.9 Å². The molecule has 142 valence electrons. The highest BCUT2D eigenvalue weighted by Crippen LogP contribution is 2.27. The number of hydrogen-bond donors (Lipinski definition) is 1. The average molecular weight is 372 g/mol. The Morgan fingerprint density at radius 1 is 1.22 bits per heavy atom. The molecule has 2 heterocycles. The van der Waals surface area contributed by atoms with E-state index in [0.717, 1.165) is 5.56 Å². The molecule has 3 aromatic rings. The van der Waals surface area contributed by atoms with Crippen LogP contribution in [0.3, 0.4) is 0 Å². The van der Waals surface area contributed by atoms with E-state index >= 15 is 0 Å². The number of ether oxygens (including phenoxy) is 3. The molecule has 2 aromatic heterocycles. The number of carbonyl (C=O) groups excluding carboxylic acids is 1. The summed E-state index contributed by atoms with van der Waals surface area (Å²) in [6.45, 7) is 4.08. The van der Waals surface area contributed by atoms with Crippen molar-refractivity contribution >= 4 is 22.9 Å². The van der Waals surface area contributed by atoms with Gasteiger partial charge in [-0.2, -0.15) is 4.98 Å². The first kappa shape index (κ1) is 18.4. The maximum Gasteiger partial charge on any atom is 0.376 e. The van der Waals surface area contributed by atoms with Gasteiger partial charge in [-0.05, 0) is 32.0 Å². The van der Waals surface area contributed by atoms with Gasteiger partial charge in [0.2, 0.25) is 5.82 Å². The third-order valence-electron chi connectivity index (χ3n) is 3.90. The van der Waals surface area contributed by atoms with Crippen LogP contribution in [0.4, 0.5) is 5.82 Å². The van der Waals surface area contributed by atoms with Crippen molar-refractivity contribution in [1.29, 1.82) is 0 Å². The quantitative estimate of drug-likeness (QED) is 0.626. The topological polar surface area (TPSA) is 109 Å². The number of anilines is 1. The Morgan fingerprint density at radius 3 is 2.74 bits per heavy atom. The molecule has 0 aliphatic heterocycles. The number of rotatable bonds is 7. The van der Waals surface area contributed by atoms with E-state index in [0.29, 0.717) is 34.9 Å². The lowest BCUT2D eigenvalue weighted by molar-refractivity contribution is 0.0512. The normalized spacial score (nSPS) is 10.7. The highest BCUT2D eigenvalue weighted by atomic mass is 16.5. The van der Waals surface area contributed by atoms with Crippen molar-refractivity contribution in [2.45, 2.75) is 20.4 Å².